The molecule has 0 radical (unpaired) electrons. The average molecular weight is 414 g/mol. The second-order valence-corrected chi connectivity index (χ2v) is 5.46. The van der Waals surface area contributed by atoms with Gasteiger partial charge in [-0.25, -0.2) is 9.59 Å². The van der Waals surface area contributed by atoms with Crippen molar-refractivity contribution in [3.8, 4) is 17.2 Å². The number of hydrogen-bond donors (Lipinski definition) is 1. The zero-order chi connectivity index (χ0) is 21.6. The lowest BCUT2D eigenvalue weighted by molar-refractivity contribution is -0.253. The first-order valence-electron chi connectivity index (χ1n) is 7.88. The quantitative estimate of drug-likeness (QED) is 0.301. The van der Waals surface area contributed by atoms with Crippen LogP contribution in [0.4, 0.5) is 17.6 Å². The van der Waals surface area contributed by atoms with E-state index in [4.69, 9.17) is 14.6 Å². The number of esters is 1. The Kier molecular flexibility index (Phi) is 6.81. The molecule has 2 rings (SSSR count). The first-order valence-corrected chi connectivity index (χ1v) is 7.88. The van der Waals surface area contributed by atoms with Crippen LogP contribution >= 0.6 is 0 Å². The van der Waals surface area contributed by atoms with E-state index >= 15 is 0 Å². The molecule has 10 heteroatoms. The molecule has 0 unspecified atom stereocenters. The molecule has 0 spiro atoms. The standard InChI is InChI=1S/C19H14F4O6/c1-27-15-10-12(5-8-14(15)29-19(22,23)18(20)21)17(26)28-13-6-2-11(3-7-13)4-9-16(24)25/h2-10,18H,1H3,(H,24,25)/b9-4+. The van der Waals surface area contributed by atoms with E-state index in [1.54, 1.807) is 0 Å². The minimum absolute atomic E-state index is 0.107. The number of aliphatic carboxylic acids is 1. The smallest absolute Gasteiger partial charge is 0.461 e. The molecule has 0 amide bonds. The normalized spacial score (nSPS) is 11.5. The Morgan fingerprint density at radius 2 is 1.72 bits per heavy atom. The zero-order valence-corrected chi connectivity index (χ0v) is 14.8. The number of halogens is 4. The first-order chi connectivity index (χ1) is 13.6. The van der Waals surface area contributed by atoms with Crippen molar-refractivity contribution < 1.29 is 46.5 Å². The summed E-state index contributed by atoms with van der Waals surface area (Å²) in [6, 6.07) is 8.77. The Labute approximate surface area is 161 Å². The van der Waals surface area contributed by atoms with E-state index in [9.17, 15) is 27.2 Å². The van der Waals surface area contributed by atoms with Crippen molar-refractivity contribution in [1.82, 2.24) is 0 Å². The van der Waals surface area contributed by atoms with Gasteiger partial charge in [0, 0.05) is 6.08 Å². The predicted octanol–water partition coefficient (Wildman–Crippen LogP) is 4.25. The fourth-order valence-electron chi connectivity index (χ4n) is 2.05. The van der Waals surface area contributed by atoms with Crippen LogP contribution in [-0.2, 0) is 4.79 Å². The molecule has 1 N–H and O–H groups in total. The van der Waals surface area contributed by atoms with Gasteiger partial charge in [-0.05, 0) is 42.0 Å². The highest BCUT2D eigenvalue weighted by atomic mass is 19.3. The van der Waals surface area contributed by atoms with Crippen LogP contribution in [0.2, 0.25) is 0 Å². The summed E-state index contributed by atoms with van der Waals surface area (Å²) in [4.78, 5) is 22.7. The van der Waals surface area contributed by atoms with Crippen molar-refractivity contribution in [1.29, 1.82) is 0 Å². The van der Waals surface area contributed by atoms with Gasteiger partial charge >= 0.3 is 24.5 Å². The van der Waals surface area contributed by atoms with Gasteiger partial charge in [0.2, 0.25) is 0 Å². The van der Waals surface area contributed by atoms with E-state index < -0.39 is 30.2 Å². The van der Waals surface area contributed by atoms with Crippen molar-refractivity contribution in [2.75, 3.05) is 7.11 Å². The largest absolute Gasteiger partial charge is 0.493 e. The van der Waals surface area contributed by atoms with Crippen LogP contribution in [0.5, 0.6) is 17.2 Å². The summed E-state index contributed by atoms with van der Waals surface area (Å²) in [5.74, 6) is -2.90. The van der Waals surface area contributed by atoms with E-state index in [0.29, 0.717) is 5.56 Å². The van der Waals surface area contributed by atoms with Gasteiger partial charge in [0.1, 0.15) is 5.75 Å². The minimum Gasteiger partial charge on any atom is -0.493 e. The summed E-state index contributed by atoms with van der Waals surface area (Å²) in [7, 11) is 1.08. The lowest BCUT2D eigenvalue weighted by Gasteiger charge is -2.18. The maximum Gasteiger partial charge on any atom is 0.461 e. The van der Waals surface area contributed by atoms with Gasteiger partial charge in [0.25, 0.3) is 0 Å². The molecule has 154 valence electrons. The summed E-state index contributed by atoms with van der Waals surface area (Å²) < 4.78 is 64.6. The molecule has 2 aromatic rings. The van der Waals surface area contributed by atoms with Gasteiger partial charge in [-0.2, -0.15) is 17.6 Å². The summed E-state index contributed by atoms with van der Waals surface area (Å²) in [5, 5.41) is 8.57. The summed E-state index contributed by atoms with van der Waals surface area (Å²) >= 11 is 0. The average Bonchev–Trinajstić information content (AvgIpc) is 2.67. The third kappa shape index (κ3) is 5.96. The first kappa shape index (κ1) is 21.7. The molecule has 0 atom stereocenters. The van der Waals surface area contributed by atoms with Crippen molar-refractivity contribution in [3.05, 3.63) is 59.7 Å². The molecular weight excluding hydrogens is 400 g/mol. The molecular formula is C19H14F4O6. The SMILES string of the molecule is COc1cc(C(=O)Oc2ccc(/C=C/C(=O)O)cc2)ccc1OC(F)(F)C(F)F. The number of ether oxygens (including phenoxy) is 3. The Morgan fingerprint density at radius 3 is 2.28 bits per heavy atom. The van der Waals surface area contributed by atoms with Crippen molar-refractivity contribution in [3.63, 3.8) is 0 Å². The topological polar surface area (TPSA) is 82.1 Å². The van der Waals surface area contributed by atoms with E-state index in [2.05, 4.69) is 4.74 Å². The molecule has 0 aliphatic rings. The van der Waals surface area contributed by atoms with E-state index in [1.807, 2.05) is 0 Å². The van der Waals surface area contributed by atoms with Gasteiger partial charge in [-0.1, -0.05) is 12.1 Å². The molecule has 0 saturated heterocycles. The minimum atomic E-state index is -4.73. The monoisotopic (exact) mass is 414 g/mol. The molecule has 0 heterocycles. The Hall–Kier alpha value is -3.56. The number of rotatable bonds is 8. The van der Waals surface area contributed by atoms with Crippen LogP contribution in [0.1, 0.15) is 15.9 Å². The maximum atomic E-state index is 13.1. The Morgan fingerprint density at radius 1 is 1.07 bits per heavy atom. The molecule has 0 aliphatic carbocycles. The maximum absolute atomic E-state index is 13.1. The fraction of sp³-hybridized carbons (Fsp3) is 0.158. The summed E-state index contributed by atoms with van der Waals surface area (Å²) in [6.45, 7) is 0. The molecule has 0 saturated carbocycles. The van der Waals surface area contributed by atoms with Crippen molar-refractivity contribution >= 4 is 18.0 Å². The predicted molar refractivity (Wildman–Crippen MR) is 92.6 cm³/mol. The summed E-state index contributed by atoms with van der Waals surface area (Å²) in [5.41, 5.74) is 0.444. The number of alkyl halides is 4. The molecule has 0 bridgehead atoms. The number of carboxylic acid groups (broad SMARTS) is 1. The van der Waals surface area contributed by atoms with E-state index in [-0.39, 0.29) is 17.1 Å². The van der Waals surface area contributed by atoms with Crippen LogP contribution < -0.4 is 14.2 Å². The number of carbonyl (C=O) groups is 2. The molecule has 29 heavy (non-hydrogen) atoms. The molecule has 6 nitrogen and oxygen atoms in total. The van der Waals surface area contributed by atoms with Crippen LogP contribution in [-0.4, -0.2) is 36.7 Å². The number of benzene rings is 2. The molecule has 0 fully saturated rings. The fourth-order valence-corrected chi connectivity index (χ4v) is 2.05. The van der Waals surface area contributed by atoms with Crippen LogP contribution in [0.15, 0.2) is 48.5 Å². The van der Waals surface area contributed by atoms with E-state index in [1.165, 1.54) is 30.3 Å². The molecule has 2 aromatic carbocycles. The lowest BCUT2D eigenvalue weighted by Crippen LogP contribution is -2.33. The number of methoxy groups -OCH3 is 1. The second kappa shape index (κ2) is 9.09. The highest BCUT2D eigenvalue weighted by molar-refractivity contribution is 5.92. The highest BCUT2D eigenvalue weighted by Gasteiger charge is 2.44. The third-order valence-corrected chi connectivity index (χ3v) is 3.41. The second-order valence-electron chi connectivity index (χ2n) is 5.46. The van der Waals surface area contributed by atoms with Crippen molar-refractivity contribution in [2.24, 2.45) is 0 Å². The van der Waals surface area contributed by atoms with E-state index in [0.717, 1.165) is 31.4 Å². The van der Waals surface area contributed by atoms with Crippen molar-refractivity contribution in [2.45, 2.75) is 12.5 Å². The Balaban J connectivity index is 2.14. The number of carboxylic acids is 1. The van der Waals surface area contributed by atoms with Gasteiger partial charge < -0.3 is 19.3 Å². The van der Waals surface area contributed by atoms with Crippen LogP contribution in [0.25, 0.3) is 6.08 Å². The zero-order valence-electron chi connectivity index (χ0n) is 14.8. The molecule has 0 aromatic heterocycles. The van der Waals surface area contributed by atoms with Gasteiger partial charge in [0.05, 0.1) is 12.7 Å². The summed E-state index contributed by atoms with van der Waals surface area (Å²) in [6.07, 6.45) is -6.50. The number of carbonyl (C=O) groups excluding carboxylic acids is 1. The van der Waals surface area contributed by atoms with Crippen LogP contribution in [0.3, 0.4) is 0 Å². The van der Waals surface area contributed by atoms with Gasteiger partial charge in [-0.3, -0.25) is 0 Å². The van der Waals surface area contributed by atoms with Crippen LogP contribution in [0, 0.1) is 0 Å². The Bertz CT molecular complexity index is 909. The van der Waals surface area contributed by atoms with Gasteiger partial charge in [-0.15, -0.1) is 0 Å². The third-order valence-electron chi connectivity index (χ3n) is 3.41. The molecule has 0 aliphatic heterocycles. The highest BCUT2D eigenvalue weighted by Crippen LogP contribution is 2.35. The number of hydrogen-bond acceptors (Lipinski definition) is 5. The van der Waals surface area contributed by atoms with Gasteiger partial charge in [0.15, 0.2) is 11.5 Å². The lowest BCUT2D eigenvalue weighted by atomic mass is 10.2.